The Morgan fingerprint density at radius 3 is 2.29 bits per heavy atom. The molecule has 2 heterocycles. The number of halogens is 7. The first-order valence-electron chi connectivity index (χ1n) is 9.58. The van der Waals surface area contributed by atoms with Gasteiger partial charge in [0.15, 0.2) is 6.10 Å². The van der Waals surface area contributed by atoms with E-state index < -0.39 is 53.5 Å². The van der Waals surface area contributed by atoms with Crippen LogP contribution in [0.4, 0.5) is 30.7 Å². The van der Waals surface area contributed by atoms with Gasteiger partial charge < -0.3 is 10.4 Å². The number of hydrogen-bond donors (Lipinski definition) is 2. The quantitative estimate of drug-likeness (QED) is 0.489. The minimum absolute atomic E-state index is 0.102. The van der Waals surface area contributed by atoms with Gasteiger partial charge in [0.25, 0.3) is 5.91 Å². The predicted molar refractivity (Wildman–Crippen MR) is 106 cm³/mol. The maximum absolute atomic E-state index is 14.0. The average molecular weight is 487 g/mol. The minimum atomic E-state index is -5.01. The summed E-state index contributed by atoms with van der Waals surface area (Å²) in [6.45, 7) is 1.11. The van der Waals surface area contributed by atoms with Gasteiger partial charge in [0, 0.05) is 23.5 Å². The van der Waals surface area contributed by atoms with Gasteiger partial charge in [-0.1, -0.05) is 6.07 Å². The Bertz CT molecular complexity index is 1190. The average Bonchev–Trinajstić information content (AvgIpc) is 2.76. The second-order valence-electron chi connectivity index (χ2n) is 7.34. The Balaban J connectivity index is 1.91. The van der Waals surface area contributed by atoms with Gasteiger partial charge in [-0.15, -0.1) is 0 Å². The van der Waals surface area contributed by atoms with Crippen LogP contribution in [0.1, 0.15) is 38.8 Å². The number of rotatable bonds is 5. The maximum Gasteiger partial charge on any atom is 0.418 e. The molecule has 12 heteroatoms. The van der Waals surface area contributed by atoms with Gasteiger partial charge in [0.05, 0.1) is 23.5 Å². The molecule has 0 bridgehead atoms. The second-order valence-corrected chi connectivity index (χ2v) is 7.34. The van der Waals surface area contributed by atoms with Crippen molar-refractivity contribution in [3.8, 4) is 11.3 Å². The van der Waals surface area contributed by atoms with E-state index in [1.165, 1.54) is 18.3 Å². The SMILES string of the molecule is Cc1ccc(-c2cc(C(=O)NCc3ncc(C(F)(F)F)cc3F)cc(C(O)C(F)(F)F)c2)nc1. The first kappa shape index (κ1) is 25.1. The molecule has 1 unspecified atom stereocenters. The number of amides is 1. The lowest BCUT2D eigenvalue weighted by Crippen LogP contribution is -2.25. The van der Waals surface area contributed by atoms with E-state index in [0.717, 1.165) is 17.7 Å². The van der Waals surface area contributed by atoms with Gasteiger partial charge in [0.2, 0.25) is 0 Å². The van der Waals surface area contributed by atoms with Gasteiger partial charge in [-0.2, -0.15) is 26.3 Å². The van der Waals surface area contributed by atoms with Crippen molar-refractivity contribution in [3.63, 3.8) is 0 Å². The number of carbonyl (C=O) groups is 1. The highest BCUT2D eigenvalue weighted by atomic mass is 19.4. The van der Waals surface area contributed by atoms with Crippen molar-refractivity contribution >= 4 is 5.91 Å². The number of benzene rings is 1. The zero-order valence-corrected chi connectivity index (χ0v) is 17.3. The summed E-state index contributed by atoms with van der Waals surface area (Å²) in [6.07, 6.45) is -10.9. The molecule has 5 nitrogen and oxygen atoms in total. The monoisotopic (exact) mass is 487 g/mol. The van der Waals surface area contributed by atoms with E-state index in [1.807, 2.05) is 0 Å². The Kier molecular flexibility index (Phi) is 6.92. The number of aromatic nitrogens is 2. The van der Waals surface area contributed by atoms with Gasteiger partial charge >= 0.3 is 12.4 Å². The number of alkyl halides is 6. The second kappa shape index (κ2) is 9.37. The molecule has 1 atom stereocenters. The number of hydrogen-bond acceptors (Lipinski definition) is 4. The first-order valence-corrected chi connectivity index (χ1v) is 9.58. The van der Waals surface area contributed by atoms with Crippen molar-refractivity contribution in [2.24, 2.45) is 0 Å². The lowest BCUT2D eigenvalue weighted by molar-refractivity contribution is -0.206. The van der Waals surface area contributed by atoms with Crippen LogP contribution in [0.15, 0.2) is 48.8 Å². The maximum atomic E-state index is 14.0. The van der Waals surface area contributed by atoms with E-state index in [2.05, 4.69) is 15.3 Å². The smallest absolute Gasteiger partial charge is 0.379 e. The first-order chi connectivity index (χ1) is 15.8. The molecule has 0 fully saturated rings. The van der Waals surface area contributed by atoms with Gasteiger partial charge in [0.1, 0.15) is 5.82 Å². The molecule has 3 rings (SSSR count). The number of pyridine rings is 2. The fourth-order valence-corrected chi connectivity index (χ4v) is 2.93. The molecule has 1 amide bonds. The van der Waals surface area contributed by atoms with Crippen molar-refractivity contribution in [2.45, 2.75) is 31.9 Å². The van der Waals surface area contributed by atoms with Crippen LogP contribution < -0.4 is 5.32 Å². The molecule has 180 valence electrons. The van der Waals surface area contributed by atoms with Crippen LogP contribution >= 0.6 is 0 Å². The van der Waals surface area contributed by atoms with Crippen LogP contribution in [0.5, 0.6) is 0 Å². The minimum Gasteiger partial charge on any atom is -0.379 e. The zero-order chi connectivity index (χ0) is 25.3. The normalized spacial score (nSPS) is 13.0. The standard InChI is InChI=1S/C22H16F7N3O2/c1-11-2-3-17(30-8-11)12-4-13(19(33)22(27,28)29)6-14(5-12)20(34)32-10-18-16(23)7-15(9-31-18)21(24,25)26/h2-9,19,33H,10H2,1H3,(H,32,34). The summed E-state index contributed by atoms with van der Waals surface area (Å²) in [4.78, 5) is 20.0. The highest BCUT2D eigenvalue weighted by Crippen LogP contribution is 2.35. The third-order valence-corrected chi connectivity index (χ3v) is 4.71. The van der Waals surface area contributed by atoms with Gasteiger partial charge in [-0.05, 0) is 48.4 Å². The van der Waals surface area contributed by atoms with Crippen LogP contribution in [0.3, 0.4) is 0 Å². The number of nitrogens with one attached hydrogen (secondary N) is 1. The summed E-state index contributed by atoms with van der Waals surface area (Å²) in [5, 5.41) is 11.9. The number of nitrogens with zero attached hydrogens (tertiary/aromatic N) is 2. The molecule has 34 heavy (non-hydrogen) atoms. The molecule has 0 aliphatic rings. The fraction of sp³-hybridized carbons (Fsp3) is 0.227. The third kappa shape index (κ3) is 5.87. The molecular formula is C22H16F7N3O2. The molecule has 0 radical (unpaired) electrons. The van der Waals surface area contributed by atoms with E-state index in [1.54, 1.807) is 13.0 Å². The number of aryl methyl sites for hydroxylation is 1. The van der Waals surface area contributed by atoms with Crippen molar-refractivity contribution in [3.05, 3.63) is 82.6 Å². The van der Waals surface area contributed by atoms with Crippen LogP contribution in [0.25, 0.3) is 11.3 Å². The lowest BCUT2D eigenvalue weighted by atomic mass is 9.99. The molecule has 0 saturated carbocycles. The summed E-state index contributed by atoms with van der Waals surface area (Å²) in [6, 6.07) is 6.43. The van der Waals surface area contributed by atoms with E-state index >= 15 is 0 Å². The summed E-state index contributed by atoms with van der Waals surface area (Å²) >= 11 is 0. The highest BCUT2D eigenvalue weighted by Gasteiger charge is 2.40. The zero-order valence-electron chi connectivity index (χ0n) is 17.3. The molecule has 2 N–H and O–H groups in total. The van der Waals surface area contributed by atoms with E-state index in [0.29, 0.717) is 6.20 Å². The van der Waals surface area contributed by atoms with Crippen molar-refractivity contribution in [1.82, 2.24) is 15.3 Å². The van der Waals surface area contributed by atoms with Crippen LogP contribution in [0, 0.1) is 12.7 Å². The van der Waals surface area contributed by atoms with Crippen LogP contribution in [-0.2, 0) is 12.7 Å². The van der Waals surface area contributed by atoms with E-state index in [4.69, 9.17) is 0 Å². The van der Waals surface area contributed by atoms with Gasteiger partial charge in [-0.25, -0.2) is 4.39 Å². The molecule has 0 spiro atoms. The molecule has 3 aromatic rings. The highest BCUT2D eigenvalue weighted by molar-refractivity contribution is 5.95. The molecule has 0 aliphatic carbocycles. The van der Waals surface area contributed by atoms with Gasteiger partial charge in [-0.3, -0.25) is 14.8 Å². The number of aliphatic hydroxyl groups excluding tert-OH is 1. The van der Waals surface area contributed by atoms with E-state index in [9.17, 15) is 40.6 Å². The van der Waals surface area contributed by atoms with Crippen molar-refractivity contribution < 1.29 is 40.6 Å². The van der Waals surface area contributed by atoms with Crippen LogP contribution in [0.2, 0.25) is 0 Å². The molecule has 0 saturated heterocycles. The third-order valence-electron chi connectivity index (χ3n) is 4.71. The number of aliphatic hydroxyl groups is 1. The molecular weight excluding hydrogens is 471 g/mol. The number of carbonyl (C=O) groups excluding carboxylic acids is 1. The Morgan fingerprint density at radius 2 is 1.74 bits per heavy atom. The molecule has 2 aromatic heterocycles. The Labute approximate surface area is 188 Å². The molecule has 0 aliphatic heterocycles. The Hall–Kier alpha value is -3.54. The van der Waals surface area contributed by atoms with Crippen molar-refractivity contribution in [1.29, 1.82) is 0 Å². The van der Waals surface area contributed by atoms with E-state index in [-0.39, 0.29) is 22.9 Å². The fourth-order valence-electron chi connectivity index (χ4n) is 2.93. The lowest BCUT2D eigenvalue weighted by Gasteiger charge is -2.17. The predicted octanol–water partition coefficient (Wildman–Crippen LogP) is 5.14. The van der Waals surface area contributed by atoms with Crippen LogP contribution in [-0.4, -0.2) is 27.2 Å². The Morgan fingerprint density at radius 1 is 1.03 bits per heavy atom. The van der Waals surface area contributed by atoms with Crippen molar-refractivity contribution in [2.75, 3.05) is 0 Å². The summed E-state index contributed by atoms with van der Waals surface area (Å²) in [7, 11) is 0. The summed E-state index contributed by atoms with van der Waals surface area (Å²) in [5.41, 5.74) is -1.66. The molecule has 1 aromatic carbocycles. The largest absolute Gasteiger partial charge is 0.418 e. The topological polar surface area (TPSA) is 75.1 Å². The summed E-state index contributed by atoms with van der Waals surface area (Å²) < 4.78 is 91.2. The summed E-state index contributed by atoms with van der Waals surface area (Å²) in [5.74, 6) is -2.29.